The van der Waals surface area contributed by atoms with Crippen LogP contribution in [0.2, 0.25) is 0 Å². The lowest BCUT2D eigenvalue weighted by molar-refractivity contribution is 0.574. The van der Waals surface area contributed by atoms with Gasteiger partial charge in [0.25, 0.3) is 0 Å². The van der Waals surface area contributed by atoms with Crippen molar-refractivity contribution in [3.05, 3.63) is 96.1 Å². The topological polar surface area (TPSA) is 30.5 Å². The molecule has 0 amide bonds. The first-order valence-electron chi connectivity index (χ1n) is 8.11. The van der Waals surface area contributed by atoms with E-state index in [1.165, 1.54) is 11.1 Å². The molecule has 24 heavy (non-hydrogen) atoms. The Balaban J connectivity index is 1.73. The predicted octanol–water partition coefficient (Wildman–Crippen LogP) is 3.94. The van der Waals surface area contributed by atoms with Crippen LogP contribution in [0, 0.1) is 6.92 Å². The average molecular weight is 316 g/mol. The Morgan fingerprint density at radius 1 is 0.667 bits per heavy atom. The van der Waals surface area contributed by atoms with E-state index < -0.39 is 0 Å². The van der Waals surface area contributed by atoms with E-state index in [4.69, 9.17) is 0 Å². The molecule has 1 saturated heterocycles. The summed E-state index contributed by atoms with van der Waals surface area (Å²) >= 11 is 0. The van der Waals surface area contributed by atoms with E-state index in [0.717, 1.165) is 11.4 Å². The van der Waals surface area contributed by atoms with Crippen molar-refractivity contribution in [3.63, 3.8) is 0 Å². The number of benzene rings is 3. The highest BCUT2D eigenvalue weighted by atomic mass is 16.0. The number of hydrazine groups is 3. The summed E-state index contributed by atoms with van der Waals surface area (Å²) in [7, 11) is 0. The molecule has 3 aromatic rings. The zero-order chi connectivity index (χ0) is 16.4. The molecule has 1 fully saturated rings. The lowest BCUT2D eigenvalue weighted by Crippen LogP contribution is -2.45. The van der Waals surface area contributed by atoms with E-state index in [9.17, 15) is 0 Å². The molecule has 1 heterocycles. The summed E-state index contributed by atoms with van der Waals surface area (Å²) in [4.78, 5) is 0. The molecule has 0 bridgehead atoms. The van der Waals surface area contributed by atoms with Crippen LogP contribution in [0.1, 0.15) is 17.3 Å². The first kappa shape index (κ1) is 14.8. The van der Waals surface area contributed by atoms with Crippen LogP contribution >= 0.6 is 0 Å². The van der Waals surface area contributed by atoms with Gasteiger partial charge in [-0.3, -0.25) is 0 Å². The maximum Gasteiger partial charge on any atom is 0.122 e. The number of para-hydroxylation sites is 2. The van der Waals surface area contributed by atoms with Crippen LogP contribution in [-0.4, -0.2) is 0 Å². The maximum atomic E-state index is 3.56. The Morgan fingerprint density at radius 3 is 1.96 bits per heavy atom. The first-order chi connectivity index (χ1) is 11.8. The molecule has 1 unspecified atom stereocenters. The van der Waals surface area contributed by atoms with Crippen molar-refractivity contribution in [1.82, 2.24) is 10.9 Å². The quantitative estimate of drug-likeness (QED) is 0.766. The van der Waals surface area contributed by atoms with Crippen LogP contribution < -0.4 is 21.1 Å². The number of rotatable bonds is 3. The highest BCUT2D eigenvalue weighted by Gasteiger charge is 2.31. The van der Waals surface area contributed by atoms with Gasteiger partial charge in [0.05, 0.1) is 11.4 Å². The van der Waals surface area contributed by atoms with Crippen molar-refractivity contribution in [2.75, 3.05) is 10.2 Å². The third-order valence-corrected chi connectivity index (χ3v) is 4.18. The summed E-state index contributed by atoms with van der Waals surface area (Å²) in [6.45, 7) is 2.12. The normalized spacial score (nSPS) is 17.3. The highest BCUT2D eigenvalue weighted by Crippen LogP contribution is 2.29. The molecule has 1 atom stereocenters. The molecule has 0 aliphatic carbocycles. The number of hydrogen-bond acceptors (Lipinski definition) is 4. The molecule has 4 heteroatoms. The van der Waals surface area contributed by atoms with Crippen LogP contribution in [0.3, 0.4) is 0 Å². The Labute approximate surface area is 142 Å². The molecular weight excluding hydrogens is 296 g/mol. The second-order valence-corrected chi connectivity index (χ2v) is 5.85. The fourth-order valence-electron chi connectivity index (χ4n) is 2.92. The Bertz CT molecular complexity index is 804. The van der Waals surface area contributed by atoms with Gasteiger partial charge in [-0.2, -0.15) is 10.9 Å². The number of aryl methyl sites for hydroxylation is 1. The molecule has 1 aliphatic heterocycles. The van der Waals surface area contributed by atoms with E-state index in [-0.39, 0.29) is 6.17 Å². The molecule has 120 valence electrons. The number of nitrogens with zero attached hydrogens (tertiary/aromatic N) is 2. The predicted molar refractivity (Wildman–Crippen MR) is 98.0 cm³/mol. The molecular formula is C20H20N4. The number of anilines is 2. The minimum Gasteiger partial charge on any atom is -0.201 e. The molecule has 1 aliphatic rings. The van der Waals surface area contributed by atoms with Gasteiger partial charge < -0.3 is 0 Å². The van der Waals surface area contributed by atoms with E-state index in [0.29, 0.717) is 0 Å². The van der Waals surface area contributed by atoms with Gasteiger partial charge in [0.1, 0.15) is 6.17 Å². The van der Waals surface area contributed by atoms with Gasteiger partial charge in [-0.25, -0.2) is 10.2 Å². The summed E-state index contributed by atoms with van der Waals surface area (Å²) in [5.41, 5.74) is 11.7. The smallest absolute Gasteiger partial charge is 0.122 e. The van der Waals surface area contributed by atoms with E-state index in [1.54, 1.807) is 0 Å². The third kappa shape index (κ3) is 2.73. The van der Waals surface area contributed by atoms with E-state index >= 15 is 0 Å². The Morgan fingerprint density at radius 2 is 1.25 bits per heavy atom. The van der Waals surface area contributed by atoms with Crippen LogP contribution in [0.15, 0.2) is 84.9 Å². The van der Waals surface area contributed by atoms with Crippen LogP contribution in [-0.2, 0) is 0 Å². The maximum absolute atomic E-state index is 3.56. The van der Waals surface area contributed by atoms with Gasteiger partial charge in [0.15, 0.2) is 0 Å². The van der Waals surface area contributed by atoms with Gasteiger partial charge in [-0.05, 0) is 36.2 Å². The summed E-state index contributed by atoms with van der Waals surface area (Å²) in [5, 5.41) is 4.13. The SMILES string of the molecule is Cc1ccccc1N1NC(c2ccccc2)NN1c1ccccc1. The summed E-state index contributed by atoms with van der Waals surface area (Å²) in [5.74, 6) is 0. The van der Waals surface area contributed by atoms with Crippen molar-refractivity contribution < 1.29 is 0 Å². The van der Waals surface area contributed by atoms with Crippen molar-refractivity contribution in [2.24, 2.45) is 0 Å². The highest BCUT2D eigenvalue weighted by molar-refractivity contribution is 5.60. The monoisotopic (exact) mass is 316 g/mol. The molecule has 4 rings (SSSR count). The fourth-order valence-corrected chi connectivity index (χ4v) is 2.92. The largest absolute Gasteiger partial charge is 0.201 e. The average Bonchev–Trinajstić information content (AvgIpc) is 3.09. The van der Waals surface area contributed by atoms with Crippen LogP contribution in [0.4, 0.5) is 11.4 Å². The third-order valence-electron chi connectivity index (χ3n) is 4.18. The van der Waals surface area contributed by atoms with E-state index in [2.05, 4.69) is 88.7 Å². The minimum atomic E-state index is 0.00557. The molecule has 0 radical (unpaired) electrons. The molecule has 2 N–H and O–H groups in total. The van der Waals surface area contributed by atoms with E-state index in [1.807, 2.05) is 24.3 Å². The van der Waals surface area contributed by atoms with Crippen LogP contribution in [0.25, 0.3) is 0 Å². The molecule has 0 aromatic heterocycles. The van der Waals surface area contributed by atoms with Gasteiger partial charge in [0, 0.05) is 0 Å². The lowest BCUT2D eigenvalue weighted by Gasteiger charge is -2.30. The summed E-state index contributed by atoms with van der Waals surface area (Å²) < 4.78 is 0. The minimum absolute atomic E-state index is 0.00557. The van der Waals surface area contributed by atoms with Crippen molar-refractivity contribution in [2.45, 2.75) is 13.1 Å². The van der Waals surface area contributed by atoms with Crippen molar-refractivity contribution >= 4 is 11.4 Å². The molecule has 0 spiro atoms. The van der Waals surface area contributed by atoms with Gasteiger partial charge in [-0.15, -0.1) is 0 Å². The number of nitrogens with one attached hydrogen (secondary N) is 2. The molecule has 4 nitrogen and oxygen atoms in total. The van der Waals surface area contributed by atoms with Crippen LogP contribution in [0.5, 0.6) is 0 Å². The van der Waals surface area contributed by atoms with Gasteiger partial charge >= 0.3 is 0 Å². The van der Waals surface area contributed by atoms with Crippen molar-refractivity contribution in [3.8, 4) is 0 Å². The fraction of sp³-hybridized carbons (Fsp3) is 0.100. The van der Waals surface area contributed by atoms with Crippen molar-refractivity contribution in [1.29, 1.82) is 0 Å². The summed E-state index contributed by atoms with van der Waals surface area (Å²) in [6, 6.07) is 29.0. The second kappa shape index (κ2) is 6.35. The van der Waals surface area contributed by atoms with Gasteiger partial charge in [-0.1, -0.05) is 66.7 Å². The number of hydrogen-bond donors (Lipinski definition) is 2. The Kier molecular flexibility index (Phi) is 3.91. The summed E-state index contributed by atoms with van der Waals surface area (Å²) in [6.07, 6.45) is 0.00557. The zero-order valence-electron chi connectivity index (χ0n) is 13.6. The second-order valence-electron chi connectivity index (χ2n) is 5.85. The standard InChI is InChI=1S/C20H20N4/c1-16-10-8-9-15-19(16)24-22-20(17-11-4-2-5-12-17)21-23(24)18-13-6-3-7-14-18/h2-15,20-22H,1H3. The first-order valence-corrected chi connectivity index (χ1v) is 8.11. The molecule has 0 saturated carbocycles. The Hall–Kier alpha value is -2.82. The zero-order valence-corrected chi connectivity index (χ0v) is 13.6. The molecule has 3 aromatic carbocycles. The lowest BCUT2D eigenvalue weighted by atomic mass is 10.2. The van der Waals surface area contributed by atoms with Gasteiger partial charge in [0.2, 0.25) is 0 Å².